The minimum absolute atomic E-state index is 0. The largest absolute Gasteiger partial charge is 0.383 e. The molecular formula is C17H30IN5O2. The van der Waals surface area contributed by atoms with E-state index in [2.05, 4.69) is 26.3 Å². The Balaban J connectivity index is 0.00000576. The van der Waals surface area contributed by atoms with Crippen LogP contribution < -0.4 is 21.3 Å². The molecule has 1 atom stereocenters. The summed E-state index contributed by atoms with van der Waals surface area (Å²) < 4.78 is 5.10. The maximum Gasteiger partial charge on any atom is 0.319 e. The van der Waals surface area contributed by atoms with Gasteiger partial charge in [0, 0.05) is 38.5 Å². The van der Waals surface area contributed by atoms with Gasteiger partial charge in [0.15, 0.2) is 5.96 Å². The predicted molar refractivity (Wildman–Crippen MR) is 114 cm³/mol. The Morgan fingerprint density at radius 3 is 2.32 bits per heavy atom. The molecule has 0 aliphatic heterocycles. The highest BCUT2D eigenvalue weighted by atomic mass is 127. The summed E-state index contributed by atoms with van der Waals surface area (Å²) in [5, 5.41) is 12.1. The second kappa shape index (κ2) is 12.8. The number of anilines is 1. The van der Waals surface area contributed by atoms with Gasteiger partial charge in [0.05, 0.1) is 6.61 Å². The molecule has 0 bridgehead atoms. The Hall–Kier alpha value is -1.55. The zero-order chi connectivity index (χ0) is 17.9. The predicted octanol–water partition coefficient (Wildman–Crippen LogP) is 2.53. The van der Waals surface area contributed by atoms with E-state index in [0.29, 0.717) is 13.2 Å². The van der Waals surface area contributed by atoms with Crippen molar-refractivity contribution in [2.45, 2.75) is 39.4 Å². The molecule has 0 saturated carbocycles. The second-order valence-electron chi connectivity index (χ2n) is 5.88. The molecule has 0 saturated heterocycles. The molecule has 0 aliphatic rings. The summed E-state index contributed by atoms with van der Waals surface area (Å²) in [5.41, 5.74) is 1.85. The van der Waals surface area contributed by atoms with E-state index >= 15 is 0 Å². The summed E-state index contributed by atoms with van der Waals surface area (Å²) in [6.45, 7) is 7.11. The number of benzene rings is 1. The molecule has 2 amide bonds. The summed E-state index contributed by atoms with van der Waals surface area (Å²) in [5.74, 6) is 0.720. The molecule has 25 heavy (non-hydrogen) atoms. The minimum atomic E-state index is -0.201. The van der Waals surface area contributed by atoms with Gasteiger partial charge in [-0.15, -0.1) is 24.0 Å². The van der Waals surface area contributed by atoms with Crippen molar-refractivity contribution in [2.75, 3.05) is 26.1 Å². The second-order valence-corrected chi connectivity index (χ2v) is 5.88. The van der Waals surface area contributed by atoms with Crippen LogP contribution in [0.25, 0.3) is 0 Å². The van der Waals surface area contributed by atoms with Gasteiger partial charge < -0.3 is 26.0 Å². The molecule has 4 N–H and O–H groups in total. The Labute approximate surface area is 167 Å². The quantitative estimate of drug-likeness (QED) is 0.285. The molecule has 7 nitrogen and oxygen atoms in total. The third kappa shape index (κ3) is 10.1. The first kappa shape index (κ1) is 23.4. The molecular weight excluding hydrogens is 433 g/mol. The Morgan fingerprint density at radius 2 is 1.80 bits per heavy atom. The molecule has 142 valence electrons. The van der Waals surface area contributed by atoms with Crippen LogP contribution in [0, 0.1) is 0 Å². The van der Waals surface area contributed by atoms with Crippen LogP contribution in [0.4, 0.5) is 10.5 Å². The standard InChI is InChI=1S/C17H29N5O2.HI/c1-12(2)20-17(23)22-15-8-6-14(7-9-15)10-19-16(18-4)21-13(3)11-24-5;/h6-9,12-13H,10-11H2,1-5H3,(H2,18,19,21)(H2,20,22,23);1H. The number of hydrogen-bond donors (Lipinski definition) is 4. The van der Waals surface area contributed by atoms with E-state index in [0.717, 1.165) is 17.2 Å². The normalized spacial score (nSPS) is 12.2. The van der Waals surface area contributed by atoms with Gasteiger partial charge in [0.2, 0.25) is 0 Å². The van der Waals surface area contributed by atoms with Gasteiger partial charge in [-0.3, -0.25) is 4.99 Å². The summed E-state index contributed by atoms with van der Waals surface area (Å²) in [7, 11) is 3.40. The molecule has 1 aromatic rings. The van der Waals surface area contributed by atoms with Crippen LogP contribution in [0.3, 0.4) is 0 Å². The molecule has 1 rings (SSSR count). The van der Waals surface area contributed by atoms with Crippen LogP contribution >= 0.6 is 24.0 Å². The highest BCUT2D eigenvalue weighted by Gasteiger charge is 2.05. The van der Waals surface area contributed by atoms with E-state index in [4.69, 9.17) is 4.74 Å². The van der Waals surface area contributed by atoms with Crippen molar-refractivity contribution in [1.29, 1.82) is 0 Å². The molecule has 0 aromatic heterocycles. The van der Waals surface area contributed by atoms with Crippen LogP contribution in [0.2, 0.25) is 0 Å². The number of hydrogen-bond acceptors (Lipinski definition) is 3. The minimum Gasteiger partial charge on any atom is -0.383 e. The lowest BCUT2D eigenvalue weighted by molar-refractivity contribution is 0.179. The lowest BCUT2D eigenvalue weighted by Gasteiger charge is -2.17. The molecule has 0 radical (unpaired) electrons. The highest BCUT2D eigenvalue weighted by Crippen LogP contribution is 2.09. The topological polar surface area (TPSA) is 86.8 Å². The van der Waals surface area contributed by atoms with Gasteiger partial charge in [-0.1, -0.05) is 12.1 Å². The van der Waals surface area contributed by atoms with Crippen LogP contribution in [0.1, 0.15) is 26.3 Å². The van der Waals surface area contributed by atoms with Gasteiger partial charge in [-0.05, 0) is 38.5 Å². The third-order valence-corrected chi connectivity index (χ3v) is 3.11. The molecule has 0 fully saturated rings. The van der Waals surface area contributed by atoms with E-state index in [1.54, 1.807) is 14.2 Å². The number of carbonyl (C=O) groups is 1. The summed E-state index contributed by atoms with van der Waals surface area (Å²) in [4.78, 5) is 15.8. The average molecular weight is 463 g/mol. The van der Waals surface area contributed by atoms with Crippen molar-refractivity contribution in [3.05, 3.63) is 29.8 Å². The number of nitrogens with one attached hydrogen (secondary N) is 4. The van der Waals surface area contributed by atoms with Crippen molar-refractivity contribution < 1.29 is 9.53 Å². The van der Waals surface area contributed by atoms with Gasteiger partial charge in [-0.25, -0.2) is 4.79 Å². The fourth-order valence-corrected chi connectivity index (χ4v) is 2.04. The van der Waals surface area contributed by atoms with E-state index in [1.807, 2.05) is 45.0 Å². The van der Waals surface area contributed by atoms with Gasteiger partial charge >= 0.3 is 6.03 Å². The van der Waals surface area contributed by atoms with E-state index < -0.39 is 0 Å². The first-order valence-corrected chi connectivity index (χ1v) is 8.07. The van der Waals surface area contributed by atoms with Crippen molar-refractivity contribution >= 4 is 41.7 Å². The van der Waals surface area contributed by atoms with Crippen molar-refractivity contribution in [3.8, 4) is 0 Å². The highest BCUT2D eigenvalue weighted by molar-refractivity contribution is 14.0. The van der Waals surface area contributed by atoms with Crippen LogP contribution in [0.5, 0.6) is 0 Å². The lowest BCUT2D eigenvalue weighted by Crippen LogP contribution is -2.43. The first-order valence-electron chi connectivity index (χ1n) is 8.07. The van der Waals surface area contributed by atoms with Crippen LogP contribution in [0.15, 0.2) is 29.3 Å². The van der Waals surface area contributed by atoms with E-state index in [1.165, 1.54) is 0 Å². The zero-order valence-electron chi connectivity index (χ0n) is 15.6. The Kier molecular flexibility index (Phi) is 12.0. The monoisotopic (exact) mass is 463 g/mol. The van der Waals surface area contributed by atoms with Gasteiger partial charge in [0.1, 0.15) is 0 Å². The fraction of sp³-hybridized carbons (Fsp3) is 0.529. The number of aliphatic imine (C=N–C) groups is 1. The number of ether oxygens (including phenoxy) is 1. The number of nitrogens with zero attached hydrogens (tertiary/aromatic N) is 1. The van der Waals surface area contributed by atoms with Gasteiger partial charge in [0.25, 0.3) is 0 Å². The number of methoxy groups -OCH3 is 1. The summed E-state index contributed by atoms with van der Waals surface area (Å²) in [6, 6.07) is 7.75. The number of amides is 2. The number of guanidine groups is 1. The van der Waals surface area contributed by atoms with E-state index in [9.17, 15) is 4.79 Å². The molecule has 0 heterocycles. The summed E-state index contributed by atoms with van der Waals surface area (Å²) in [6.07, 6.45) is 0. The van der Waals surface area contributed by atoms with Crippen molar-refractivity contribution in [2.24, 2.45) is 4.99 Å². The van der Waals surface area contributed by atoms with Gasteiger partial charge in [-0.2, -0.15) is 0 Å². The molecule has 8 heteroatoms. The zero-order valence-corrected chi connectivity index (χ0v) is 17.9. The molecule has 1 aromatic carbocycles. The third-order valence-electron chi connectivity index (χ3n) is 3.11. The smallest absolute Gasteiger partial charge is 0.319 e. The summed E-state index contributed by atoms with van der Waals surface area (Å²) >= 11 is 0. The first-order chi connectivity index (χ1) is 11.4. The van der Waals surface area contributed by atoms with Crippen LogP contribution in [-0.4, -0.2) is 44.8 Å². The Bertz CT molecular complexity index is 534. The maximum absolute atomic E-state index is 11.6. The number of rotatable bonds is 7. The molecule has 1 unspecified atom stereocenters. The fourth-order valence-electron chi connectivity index (χ4n) is 2.04. The number of halogens is 1. The maximum atomic E-state index is 11.6. The average Bonchev–Trinajstić information content (AvgIpc) is 2.52. The lowest BCUT2D eigenvalue weighted by atomic mass is 10.2. The molecule has 0 aliphatic carbocycles. The number of carbonyl (C=O) groups excluding carboxylic acids is 1. The molecule has 0 spiro atoms. The van der Waals surface area contributed by atoms with E-state index in [-0.39, 0.29) is 42.1 Å². The Morgan fingerprint density at radius 1 is 1.16 bits per heavy atom. The SMILES string of the molecule is CN=C(NCc1ccc(NC(=O)NC(C)C)cc1)NC(C)COC.I. The van der Waals surface area contributed by atoms with Crippen molar-refractivity contribution in [3.63, 3.8) is 0 Å². The van der Waals surface area contributed by atoms with Crippen LogP contribution in [-0.2, 0) is 11.3 Å². The number of urea groups is 1. The van der Waals surface area contributed by atoms with Crippen molar-refractivity contribution in [1.82, 2.24) is 16.0 Å².